The molecule has 3 rings (SSSR count). The van der Waals surface area contributed by atoms with Gasteiger partial charge in [0.25, 0.3) is 0 Å². The summed E-state index contributed by atoms with van der Waals surface area (Å²) >= 11 is 0. The highest BCUT2D eigenvalue weighted by Crippen LogP contribution is 2.37. The van der Waals surface area contributed by atoms with Crippen LogP contribution in [0.4, 0.5) is 5.69 Å². The number of rotatable bonds is 3. The molecule has 4 nitrogen and oxygen atoms in total. The van der Waals surface area contributed by atoms with Crippen LogP contribution in [0.15, 0.2) is 53.4 Å². The number of fused-ring (bicyclic) bond motifs is 1. The molecule has 1 atom stereocenters. The van der Waals surface area contributed by atoms with Crippen LogP contribution >= 0.6 is 0 Å². The number of para-hydroxylation sites is 2. The Balaban J connectivity index is 1.98. The van der Waals surface area contributed by atoms with Gasteiger partial charge >= 0.3 is 0 Å². The van der Waals surface area contributed by atoms with Crippen LogP contribution in [0.3, 0.4) is 0 Å². The molecule has 104 valence electrons. The summed E-state index contributed by atoms with van der Waals surface area (Å²) in [6.07, 6.45) is 0. The fraction of sp³-hybridized carbons (Fsp3) is 0.200. The second-order valence-electron chi connectivity index (χ2n) is 4.72. The highest BCUT2D eigenvalue weighted by molar-refractivity contribution is 7.91. The molecule has 0 aliphatic carbocycles. The first-order valence-electron chi connectivity index (χ1n) is 6.33. The molecule has 0 bridgehead atoms. The van der Waals surface area contributed by atoms with E-state index in [-0.39, 0.29) is 11.8 Å². The van der Waals surface area contributed by atoms with E-state index in [1.165, 1.54) is 0 Å². The molecule has 1 unspecified atom stereocenters. The van der Waals surface area contributed by atoms with Crippen molar-refractivity contribution in [2.45, 2.75) is 10.9 Å². The summed E-state index contributed by atoms with van der Waals surface area (Å²) in [4.78, 5) is 0.424. The standard InChI is InChI=1S/C15H15NO3S/c1-19-14-8-4-3-7-12(14)16-13-10-20(17,18)15-9-5-2-6-11(13)15/h2-9,13,16H,10H2,1H3. The van der Waals surface area contributed by atoms with Gasteiger partial charge in [0, 0.05) is 0 Å². The van der Waals surface area contributed by atoms with E-state index >= 15 is 0 Å². The molecule has 0 fully saturated rings. The second-order valence-corrected chi connectivity index (χ2v) is 6.72. The minimum absolute atomic E-state index is 0.0738. The van der Waals surface area contributed by atoms with Crippen molar-refractivity contribution in [1.82, 2.24) is 0 Å². The van der Waals surface area contributed by atoms with Gasteiger partial charge in [-0.3, -0.25) is 0 Å². The van der Waals surface area contributed by atoms with E-state index in [1.807, 2.05) is 36.4 Å². The third-order valence-corrected chi connectivity index (χ3v) is 5.27. The molecule has 0 saturated heterocycles. The quantitative estimate of drug-likeness (QED) is 0.943. The van der Waals surface area contributed by atoms with Crippen molar-refractivity contribution < 1.29 is 13.2 Å². The Morgan fingerprint density at radius 1 is 1.10 bits per heavy atom. The van der Waals surface area contributed by atoms with Crippen LogP contribution in [-0.4, -0.2) is 21.3 Å². The van der Waals surface area contributed by atoms with Crippen molar-refractivity contribution >= 4 is 15.5 Å². The zero-order valence-corrected chi connectivity index (χ0v) is 11.9. The van der Waals surface area contributed by atoms with Gasteiger partial charge in [0.15, 0.2) is 9.84 Å². The Bertz CT molecular complexity index is 740. The van der Waals surface area contributed by atoms with E-state index < -0.39 is 9.84 Å². The average Bonchev–Trinajstić information content (AvgIpc) is 2.71. The molecular formula is C15H15NO3S. The molecule has 0 spiro atoms. The fourth-order valence-corrected chi connectivity index (χ4v) is 4.26. The summed E-state index contributed by atoms with van der Waals surface area (Å²) in [6.45, 7) is 0. The number of hydrogen-bond acceptors (Lipinski definition) is 4. The number of nitrogens with one attached hydrogen (secondary N) is 1. The molecule has 0 amide bonds. The minimum atomic E-state index is -3.20. The molecule has 1 aliphatic heterocycles. The first kappa shape index (κ1) is 13.0. The van der Waals surface area contributed by atoms with Crippen LogP contribution in [0.5, 0.6) is 5.75 Å². The zero-order chi connectivity index (χ0) is 14.2. The summed E-state index contributed by atoms with van der Waals surface area (Å²) in [7, 11) is -1.60. The Morgan fingerprint density at radius 3 is 2.60 bits per heavy atom. The Morgan fingerprint density at radius 2 is 1.80 bits per heavy atom. The van der Waals surface area contributed by atoms with Gasteiger partial charge < -0.3 is 10.1 Å². The maximum absolute atomic E-state index is 12.1. The van der Waals surface area contributed by atoms with E-state index in [9.17, 15) is 8.42 Å². The van der Waals surface area contributed by atoms with E-state index in [0.717, 1.165) is 11.3 Å². The number of benzene rings is 2. The minimum Gasteiger partial charge on any atom is -0.495 e. The monoisotopic (exact) mass is 289 g/mol. The maximum atomic E-state index is 12.1. The van der Waals surface area contributed by atoms with Crippen molar-refractivity contribution in [3.63, 3.8) is 0 Å². The van der Waals surface area contributed by atoms with Gasteiger partial charge in [-0.05, 0) is 23.8 Å². The summed E-state index contributed by atoms with van der Waals surface area (Å²) in [5.41, 5.74) is 1.62. The van der Waals surface area contributed by atoms with Gasteiger partial charge in [-0.15, -0.1) is 0 Å². The Kier molecular flexibility index (Phi) is 3.14. The maximum Gasteiger partial charge on any atom is 0.181 e. The number of methoxy groups -OCH3 is 1. The number of anilines is 1. The van der Waals surface area contributed by atoms with Crippen molar-refractivity contribution in [3.8, 4) is 5.75 Å². The van der Waals surface area contributed by atoms with E-state index in [1.54, 1.807) is 19.2 Å². The number of hydrogen-bond donors (Lipinski definition) is 1. The molecule has 0 radical (unpaired) electrons. The lowest BCUT2D eigenvalue weighted by molar-refractivity contribution is 0.416. The second kappa shape index (κ2) is 4.83. The lowest BCUT2D eigenvalue weighted by Gasteiger charge is -2.16. The fourth-order valence-electron chi connectivity index (χ4n) is 2.52. The third-order valence-electron chi connectivity index (χ3n) is 3.45. The molecule has 2 aromatic rings. The lowest BCUT2D eigenvalue weighted by atomic mass is 10.1. The van der Waals surface area contributed by atoms with Gasteiger partial charge in [-0.2, -0.15) is 0 Å². The van der Waals surface area contributed by atoms with Crippen LogP contribution in [0, 0.1) is 0 Å². The highest BCUT2D eigenvalue weighted by Gasteiger charge is 2.34. The topological polar surface area (TPSA) is 55.4 Å². The van der Waals surface area contributed by atoms with Crippen LogP contribution in [0.25, 0.3) is 0 Å². The Hall–Kier alpha value is -2.01. The molecule has 5 heteroatoms. The average molecular weight is 289 g/mol. The summed E-state index contributed by atoms with van der Waals surface area (Å²) in [6, 6.07) is 14.4. The third kappa shape index (κ3) is 2.14. The van der Waals surface area contributed by atoms with Crippen LogP contribution in [-0.2, 0) is 9.84 Å². The van der Waals surface area contributed by atoms with Gasteiger partial charge in [-0.1, -0.05) is 30.3 Å². The van der Waals surface area contributed by atoms with E-state index in [4.69, 9.17) is 4.74 Å². The van der Waals surface area contributed by atoms with Gasteiger partial charge in [-0.25, -0.2) is 8.42 Å². The molecule has 2 aromatic carbocycles. The van der Waals surface area contributed by atoms with Gasteiger partial charge in [0.1, 0.15) is 5.75 Å². The largest absolute Gasteiger partial charge is 0.495 e. The van der Waals surface area contributed by atoms with Crippen molar-refractivity contribution in [3.05, 3.63) is 54.1 Å². The van der Waals surface area contributed by atoms with Crippen LogP contribution in [0.2, 0.25) is 0 Å². The summed E-state index contributed by atoms with van der Waals surface area (Å²) in [5.74, 6) is 0.777. The number of ether oxygens (including phenoxy) is 1. The smallest absolute Gasteiger partial charge is 0.181 e. The molecule has 1 N–H and O–H groups in total. The summed E-state index contributed by atoms with van der Waals surface area (Å²) in [5, 5.41) is 3.27. The van der Waals surface area contributed by atoms with E-state index in [0.29, 0.717) is 10.6 Å². The van der Waals surface area contributed by atoms with Crippen LogP contribution in [0.1, 0.15) is 11.6 Å². The molecule has 1 aliphatic rings. The predicted molar refractivity (Wildman–Crippen MR) is 77.9 cm³/mol. The zero-order valence-electron chi connectivity index (χ0n) is 11.0. The van der Waals surface area contributed by atoms with Crippen molar-refractivity contribution in [1.29, 1.82) is 0 Å². The predicted octanol–water partition coefficient (Wildman–Crippen LogP) is 2.64. The van der Waals surface area contributed by atoms with Crippen molar-refractivity contribution in [2.75, 3.05) is 18.2 Å². The molecule has 20 heavy (non-hydrogen) atoms. The van der Waals surface area contributed by atoms with Gasteiger partial charge in [0.05, 0.1) is 29.5 Å². The van der Waals surface area contributed by atoms with Crippen LogP contribution < -0.4 is 10.1 Å². The molecule has 1 heterocycles. The summed E-state index contributed by atoms with van der Waals surface area (Å²) < 4.78 is 29.6. The molecular weight excluding hydrogens is 274 g/mol. The first-order valence-corrected chi connectivity index (χ1v) is 7.98. The van der Waals surface area contributed by atoms with Gasteiger partial charge in [0.2, 0.25) is 0 Å². The normalized spacial score (nSPS) is 19.4. The molecule has 0 saturated carbocycles. The Labute approximate surface area is 118 Å². The van der Waals surface area contributed by atoms with Crippen molar-refractivity contribution in [2.24, 2.45) is 0 Å². The SMILES string of the molecule is COc1ccccc1NC1CS(=O)(=O)c2ccccc21. The highest BCUT2D eigenvalue weighted by atomic mass is 32.2. The number of sulfone groups is 1. The lowest BCUT2D eigenvalue weighted by Crippen LogP contribution is -2.13. The van der Waals surface area contributed by atoms with E-state index in [2.05, 4.69) is 5.32 Å². The first-order chi connectivity index (χ1) is 9.62. The molecule has 0 aromatic heterocycles.